The van der Waals surface area contributed by atoms with Gasteiger partial charge in [-0.05, 0) is 50.4 Å². The summed E-state index contributed by atoms with van der Waals surface area (Å²) in [5.74, 6) is 0. The zero-order valence-corrected chi connectivity index (χ0v) is 10.1. The second-order valence-corrected chi connectivity index (χ2v) is 5.27. The van der Waals surface area contributed by atoms with Crippen molar-refractivity contribution in [3.05, 3.63) is 29.8 Å². The number of rotatable bonds is 1. The Labute approximate surface area is 102 Å². The van der Waals surface area contributed by atoms with Crippen LogP contribution in [0.2, 0.25) is 0 Å². The summed E-state index contributed by atoms with van der Waals surface area (Å²) in [5, 5.41) is 17.7. The van der Waals surface area contributed by atoms with Crippen molar-refractivity contribution in [1.82, 2.24) is 5.32 Å². The van der Waals surface area contributed by atoms with E-state index >= 15 is 0 Å². The summed E-state index contributed by atoms with van der Waals surface area (Å²) in [6.45, 7) is 1.95. The third-order valence-corrected chi connectivity index (χ3v) is 4.12. The molecule has 0 spiro atoms. The fourth-order valence-corrected chi connectivity index (χ4v) is 3.04. The second kappa shape index (κ2) is 4.31. The van der Waals surface area contributed by atoms with Crippen LogP contribution in [0.15, 0.2) is 24.3 Å². The molecule has 2 heterocycles. The van der Waals surface area contributed by atoms with Crippen LogP contribution in [0.3, 0.4) is 0 Å². The summed E-state index contributed by atoms with van der Waals surface area (Å²) in [4.78, 5) is 0. The highest BCUT2D eigenvalue weighted by molar-refractivity contribution is 5.57. The molecule has 0 aromatic heterocycles. The molecule has 1 fully saturated rings. The molecule has 3 N–H and O–H groups in total. The molecule has 2 aliphatic heterocycles. The van der Waals surface area contributed by atoms with Gasteiger partial charge in [-0.3, -0.25) is 0 Å². The summed E-state index contributed by atoms with van der Waals surface area (Å²) >= 11 is 0. The summed E-state index contributed by atoms with van der Waals surface area (Å²) in [6.07, 6.45) is 3.75. The van der Waals surface area contributed by atoms with Crippen LogP contribution in [0.1, 0.15) is 24.8 Å². The van der Waals surface area contributed by atoms with E-state index in [1.807, 2.05) is 6.07 Å². The number of fused-ring (bicyclic) bond motifs is 1. The van der Waals surface area contributed by atoms with E-state index in [1.54, 1.807) is 0 Å². The van der Waals surface area contributed by atoms with Crippen LogP contribution < -0.4 is 10.6 Å². The van der Waals surface area contributed by atoms with Crippen LogP contribution in [0.4, 0.5) is 5.69 Å². The highest BCUT2D eigenvalue weighted by atomic mass is 16.3. The molecule has 2 aliphatic rings. The molecule has 0 saturated carbocycles. The first-order valence-corrected chi connectivity index (χ1v) is 6.55. The number of aliphatic hydroxyl groups is 1. The lowest BCUT2D eigenvalue weighted by atomic mass is 9.85. The summed E-state index contributed by atoms with van der Waals surface area (Å²) in [6, 6.07) is 8.56. The van der Waals surface area contributed by atoms with Crippen molar-refractivity contribution < 1.29 is 5.11 Å². The molecule has 3 heteroatoms. The van der Waals surface area contributed by atoms with Gasteiger partial charge in [-0.15, -0.1) is 0 Å². The minimum atomic E-state index is -0.553. The second-order valence-electron chi connectivity index (χ2n) is 5.27. The molecule has 0 radical (unpaired) electrons. The molecule has 0 amide bonds. The standard InChI is InChI=1S/C14H20N2O/c17-14(6-3-8-15-9-7-14)13-10-11-4-1-2-5-12(11)16-13/h1-2,4-5,13,15-17H,3,6-10H2. The van der Waals surface area contributed by atoms with Crippen LogP contribution in [0, 0.1) is 0 Å². The van der Waals surface area contributed by atoms with Crippen LogP contribution in [0.25, 0.3) is 0 Å². The molecule has 92 valence electrons. The zero-order chi connectivity index (χ0) is 11.7. The van der Waals surface area contributed by atoms with Gasteiger partial charge < -0.3 is 15.7 Å². The van der Waals surface area contributed by atoms with E-state index in [-0.39, 0.29) is 6.04 Å². The quantitative estimate of drug-likeness (QED) is 0.688. The summed E-state index contributed by atoms with van der Waals surface area (Å²) in [7, 11) is 0. The largest absolute Gasteiger partial charge is 0.388 e. The minimum Gasteiger partial charge on any atom is -0.388 e. The van der Waals surface area contributed by atoms with Gasteiger partial charge in [-0.2, -0.15) is 0 Å². The Bertz CT molecular complexity index is 372. The summed E-state index contributed by atoms with van der Waals surface area (Å²) < 4.78 is 0. The molecule has 2 unspecified atom stereocenters. The number of hydrogen-bond donors (Lipinski definition) is 3. The normalized spacial score (nSPS) is 32.6. The van der Waals surface area contributed by atoms with Crippen molar-refractivity contribution in [2.45, 2.75) is 37.3 Å². The number of benzene rings is 1. The van der Waals surface area contributed by atoms with Gasteiger partial charge in [0.1, 0.15) is 0 Å². The highest BCUT2D eigenvalue weighted by Gasteiger charge is 2.39. The number of hydrogen-bond acceptors (Lipinski definition) is 3. The Morgan fingerprint density at radius 2 is 2.06 bits per heavy atom. The topological polar surface area (TPSA) is 44.3 Å². The van der Waals surface area contributed by atoms with Crippen molar-refractivity contribution in [2.75, 3.05) is 18.4 Å². The first-order chi connectivity index (χ1) is 8.28. The molecule has 1 saturated heterocycles. The fourth-order valence-electron chi connectivity index (χ4n) is 3.04. The molecule has 3 rings (SSSR count). The maximum absolute atomic E-state index is 10.8. The van der Waals surface area contributed by atoms with Gasteiger partial charge in [0.25, 0.3) is 0 Å². The van der Waals surface area contributed by atoms with E-state index in [0.717, 1.165) is 38.8 Å². The van der Waals surface area contributed by atoms with Crippen molar-refractivity contribution in [3.8, 4) is 0 Å². The molecule has 3 nitrogen and oxygen atoms in total. The van der Waals surface area contributed by atoms with Gasteiger partial charge in [-0.1, -0.05) is 18.2 Å². The third-order valence-electron chi connectivity index (χ3n) is 4.12. The molecule has 2 atom stereocenters. The smallest absolute Gasteiger partial charge is 0.0863 e. The van der Waals surface area contributed by atoms with Gasteiger partial charge in [0.2, 0.25) is 0 Å². The molecule has 17 heavy (non-hydrogen) atoms. The maximum atomic E-state index is 10.8. The van der Waals surface area contributed by atoms with Crippen LogP contribution in [-0.2, 0) is 6.42 Å². The Morgan fingerprint density at radius 3 is 2.94 bits per heavy atom. The molecule has 0 aliphatic carbocycles. The van der Waals surface area contributed by atoms with Gasteiger partial charge in [-0.25, -0.2) is 0 Å². The van der Waals surface area contributed by atoms with Gasteiger partial charge in [0.15, 0.2) is 0 Å². The number of nitrogens with one attached hydrogen (secondary N) is 2. The Hall–Kier alpha value is -1.06. The predicted octanol–water partition coefficient (Wildman–Crippen LogP) is 1.53. The van der Waals surface area contributed by atoms with Crippen molar-refractivity contribution in [1.29, 1.82) is 0 Å². The minimum absolute atomic E-state index is 0.180. The average Bonchev–Trinajstić information content (AvgIpc) is 2.66. The van der Waals surface area contributed by atoms with E-state index < -0.39 is 5.60 Å². The van der Waals surface area contributed by atoms with Crippen molar-refractivity contribution in [3.63, 3.8) is 0 Å². The maximum Gasteiger partial charge on any atom is 0.0863 e. The van der Waals surface area contributed by atoms with E-state index in [4.69, 9.17) is 0 Å². The summed E-state index contributed by atoms with van der Waals surface area (Å²) in [5.41, 5.74) is 1.98. The number of para-hydroxylation sites is 1. The van der Waals surface area contributed by atoms with Crippen molar-refractivity contribution in [2.24, 2.45) is 0 Å². The van der Waals surface area contributed by atoms with Gasteiger partial charge >= 0.3 is 0 Å². The Kier molecular flexibility index (Phi) is 2.81. The van der Waals surface area contributed by atoms with Crippen LogP contribution in [0.5, 0.6) is 0 Å². The molecular weight excluding hydrogens is 212 g/mol. The van der Waals surface area contributed by atoms with E-state index in [2.05, 4.69) is 28.8 Å². The van der Waals surface area contributed by atoms with Gasteiger partial charge in [0, 0.05) is 5.69 Å². The Morgan fingerprint density at radius 1 is 1.18 bits per heavy atom. The predicted molar refractivity (Wildman–Crippen MR) is 69.2 cm³/mol. The van der Waals surface area contributed by atoms with E-state index in [0.29, 0.717) is 0 Å². The average molecular weight is 232 g/mol. The molecule has 1 aromatic rings. The SMILES string of the molecule is OC1(C2Cc3ccccc3N2)CCCNCC1. The van der Waals surface area contributed by atoms with E-state index in [9.17, 15) is 5.11 Å². The van der Waals surface area contributed by atoms with E-state index in [1.165, 1.54) is 11.3 Å². The van der Waals surface area contributed by atoms with Crippen LogP contribution in [-0.4, -0.2) is 29.8 Å². The molecule has 1 aromatic carbocycles. The lowest BCUT2D eigenvalue weighted by Crippen LogP contribution is -2.46. The van der Waals surface area contributed by atoms with Gasteiger partial charge in [0.05, 0.1) is 11.6 Å². The monoisotopic (exact) mass is 232 g/mol. The lowest BCUT2D eigenvalue weighted by molar-refractivity contribution is 0.0110. The Balaban J connectivity index is 1.78. The highest BCUT2D eigenvalue weighted by Crippen LogP contribution is 2.34. The first kappa shape index (κ1) is 11.1. The molecular formula is C14H20N2O. The van der Waals surface area contributed by atoms with Crippen LogP contribution >= 0.6 is 0 Å². The first-order valence-electron chi connectivity index (χ1n) is 6.55. The zero-order valence-electron chi connectivity index (χ0n) is 10.1. The number of anilines is 1. The third kappa shape index (κ3) is 2.05. The fraction of sp³-hybridized carbons (Fsp3) is 0.571. The lowest BCUT2D eigenvalue weighted by Gasteiger charge is -2.33. The van der Waals surface area contributed by atoms with Crippen molar-refractivity contribution >= 4 is 5.69 Å². The molecule has 0 bridgehead atoms.